The van der Waals surface area contributed by atoms with E-state index in [4.69, 9.17) is 4.74 Å². The van der Waals surface area contributed by atoms with Crippen LogP contribution in [0.25, 0.3) is 0 Å². The summed E-state index contributed by atoms with van der Waals surface area (Å²) in [4.78, 5) is 1.23. The van der Waals surface area contributed by atoms with E-state index in [1.54, 1.807) is 24.3 Å². The van der Waals surface area contributed by atoms with Gasteiger partial charge in [0.25, 0.3) is 0 Å². The molecule has 0 N–H and O–H groups in total. The van der Waals surface area contributed by atoms with Crippen molar-refractivity contribution in [1.82, 2.24) is 4.90 Å². The lowest BCUT2D eigenvalue weighted by atomic mass is 10.2. The topological polar surface area (TPSA) is 12.5 Å². The van der Waals surface area contributed by atoms with Crippen LogP contribution >= 0.6 is 0 Å². The molecule has 17 heavy (non-hydrogen) atoms. The number of hydrogen-bond donors (Lipinski definition) is 0. The van der Waals surface area contributed by atoms with Crippen molar-refractivity contribution in [3.8, 4) is 5.75 Å². The van der Waals surface area contributed by atoms with Gasteiger partial charge in [-0.3, -0.25) is 4.90 Å². The molecule has 1 rings (SSSR count). The Balaban J connectivity index is 2.51. The van der Waals surface area contributed by atoms with Crippen LogP contribution in [0.4, 0.5) is 13.2 Å². The van der Waals surface area contributed by atoms with Crippen LogP contribution in [0.3, 0.4) is 0 Å². The highest BCUT2D eigenvalue weighted by Crippen LogP contribution is 2.18. The fourth-order valence-electron chi connectivity index (χ4n) is 1.53. The van der Waals surface area contributed by atoms with Crippen LogP contribution in [-0.2, 0) is 6.54 Å². The molecule has 0 saturated carbocycles. The van der Waals surface area contributed by atoms with Gasteiger partial charge in [-0.1, -0.05) is 12.1 Å². The van der Waals surface area contributed by atoms with Crippen LogP contribution in [0.15, 0.2) is 24.3 Å². The van der Waals surface area contributed by atoms with Crippen molar-refractivity contribution in [2.24, 2.45) is 0 Å². The fraction of sp³-hybridized carbons (Fsp3) is 0.500. The highest BCUT2D eigenvalue weighted by atomic mass is 19.4. The molecule has 0 aliphatic heterocycles. The molecule has 2 nitrogen and oxygen atoms in total. The van der Waals surface area contributed by atoms with Gasteiger partial charge in [0, 0.05) is 6.54 Å². The Labute approximate surface area is 99.0 Å². The first-order valence-electron chi connectivity index (χ1n) is 5.37. The second kappa shape index (κ2) is 5.91. The number of alkyl halides is 3. The van der Waals surface area contributed by atoms with Gasteiger partial charge < -0.3 is 4.74 Å². The molecule has 0 aliphatic carbocycles. The molecular weight excluding hydrogens is 231 g/mol. The minimum Gasteiger partial charge on any atom is -0.494 e. The van der Waals surface area contributed by atoms with Gasteiger partial charge in [0.1, 0.15) is 5.75 Å². The van der Waals surface area contributed by atoms with E-state index < -0.39 is 12.7 Å². The average Bonchev–Trinajstić information content (AvgIpc) is 2.18. The maximum atomic E-state index is 12.1. The molecule has 0 amide bonds. The normalized spacial score (nSPS) is 11.9. The smallest absolute Gasteiger partial charge is 0.401 e. The van der Waals surface area contributed by atoms with Gasteiger partial charge >= 0.3 is 6.18 Å². The molecule has 0 heterocycles. The molecule has 0 saturated heterocycles. The summed E-state index contributed by atoms with van der Waals surface area (Å²) in [5.74, 6) is 0.731. The number of benzene rings is 1. The van der Waals surface area contributed by atoms with Crippen molar-refractivity contribution >= 4 is 0 Å². The minimum atomic E-state index is -4.15. The lowest BCUT2D eigenvalue weighted by Crippen LogP contribution is -2.30. The highest BCUT2D eigenvalue weighted by Gasteiger charge is 2.28. The number of rotatable bonds is 5. The molecule has 0 bridgehead atoms. The maximum absolute atomic E-state index is 12.1. The molecule has 0 aromatic heterocycles. The van der Waals surface area contributed by atoms with Crippen LogP contribution < -0.4 is 4.74 Å². The zero-order valence-electron chi connectivity index (χ0n) is 9.92. The van der Waals surface area contributed by atoms with E-state index in [-0.39, 0.29) is 6.54 Å². The Morgan fingerprint density at radius 2 is 1.76 bits per heavy atom. The average molecular weight is 247 g/mol. The van der Waals surface area contributed by atoms with E-state index in [0.29, 0.717) is 6.61 Å². The summed E-state index contributed by atoms with van der Waals surface area (Å²) in [6.07, 6.45) is -4.15. The first-order valence-corrected chi connectivity index (χ1v) is 5.37. The zero-order chi connectivity index (χ0) is 12.9. The van der Waals surface area contributed by atoms with Crippen molar-refractivity contribution in [2.75, 3.05) is 20.2 Å². The quantitative estimate of drug-likeness (QED) is 0.792. The number of ether oxygens (including phenoxy) is 1. The largest absolute Gasteiger partial charge is 0.494 e. The SMILES string of the molecule is CCOc1ccc(CN(C)CC(F)(F)F)cc1. The monoisotopic (exact) mass is 247 g/mol. The Hall–Kier alpha value is -1.23. The lowest BCUT2D eigenvalue weighted by Gasteiger charge is -2.18. The van der Waals surface area contributed by atoms with E-state index in [9.17, 15) is 13.2 Å². The third-order valence-electron chi connectivity index (χ3n) is 2.14. The third kappa shape index (κ3) is 5.58. The van der Waals surface area contributed by atoms with E-state index in [1.807, 2.05) is 6.92 Å². The number of hydrogen-bond acceptors (Lipinski definition) is 2. The Morgan fingerprint density at radius 1 is 1.18 bits per heavy atom. The molecule has 0 spiro atoms. The van der Waals surface area contributed by atoms with Gasteiger partial charge in [-0.25, -0.2) is 0 Å². The summed E-state index contributed by atoms with van der Waals surface area (Å²) >= 11 is 0. The van der Waals surface area contributed by atoms with E-state index in [0.717, 1.165) is 11.3 Å². The van der Waals surface area contributed by atoms with Gasteiger partial charge in [-0.05, 0) is 31.7 Å². The first kappa shape index (κ1) is 13.8. The molecule has 1 aromatic rings. The zero-order valence-corrected chi connectivity index (χ0v) is 9.92. The van der Waals surface area contributed by atoms with E-state index in [2.05, 4.69) is 0 Å². The van der Waals surface area contributed by atoms with Crippen LogP contribution in [0, 0.1) is 0 Å². The van der Waals surface area contributed by atoms with Crippen LogP contribution in [0.2, 0.25) is 0 Å². The van der Waals surface area contributed by atoms with E-state index in [1.165, 1.54) is 11.9 Å². The molecule has 0 atom stereocenters. The Morgan fingerprint density at radius 3 is 2.24 bits per heavy atom. The first-order chi connectivity index (χ1) is 7.90. The van der Waals surface area contributed by atoms with Gasteiger partial charge in [0.15, 0.2) is 0 Å². The van der Waals surface area contributed by atoms with E-state index >= 15 is 0 Å². The van der Waals surface area contributed by atoms with Crippen molar-refractivity contribution in [3.63, 3.8) is 0 Å². The summed E-state index contributed by atoms with van der Waals surface area (Å²) in [5, 5.41) is 0. The Bertz CT molecular complexity index is 335. The second-order valence-corrected chi connectivity index (χ2v) is 3.86. The second-order valence-electron chi connectivity index (χ2n) is 3.86. The molecule has 0 radical (unpaired) electrons. The summed E-state index contributed by atoms with van der Waals surface area (Å²) in [6, 6.07) is 7.08. The molecule has 0 unspecified atom stereocenters. The Kier molecular flexibility index (Phi) is 4.81. The molecule has 1 aromatic carbocycles. The van der Waals surface area contributed by atoms with Gasteiger partial charge in [-0.15, -0.1) is 0 Å². The van der Waals surface area contributed by atoms with Crippen molar-refractivity contribution < 1.29 is 17.9 Å². The third-order valence-corrected chi connectivity index (χ3v) is 2.14. The molecule has 0 aliphatic rings. The maximum Gasteiger partial charge on any atom is 0.401 e. The van der Waals surface area contributed by atoms with Crippen molar-refractivity contribution in [1.29, 1.82) is 0 Å². The standard InChI is InChI=1S/C12H16F3NO/c1-3-17-11-6-4-10(5-7-11)8-16(2)9-12(13,14)15/h4-7H,3,8-9H2,1-2H3. The van der Waals surface area contributed by atoms with Gasteiger partial charge in [0.05, 0.1) is 13.2 Å². The van der Waals surface area contributed by atoms with Gasteiger partial charge in [0.2, 0.25) is 0 Å². The summed E-state index contributed by atoms with van der Waals surface area (Å²) in [7, 11) is 1.45. The van der Waals surface area contributed by atoms with Crippen LogP contribution in [0.5, 0.6) is 5.75 Å². The molecular formula is C12H16F3NO. The predicted octanol–water partition coefficient (Wildman–Crippen LogP) is 3.08. The summed E-state index contributed by atoms with van der Waals surface area (Å²) < 4.78 is 41.6. The molecule has 5 heteroatoms. The van der Waals surface area contributed by atoms with Gasteiger partial charge in [-0.2, -0.15) is 13.2 Å². The number of halogens is 3. The fourth-order valence-corrected chi connectivity index (χ4v) is 1.53. The minimum absolute atomic E-state index is 0.270. The van der Waals surface area contributed by atoms with Crippen molar-refractivity contribution in [3.05, 3.63) is 29.8 Å². The lowest BCUT2D eigenvalue weighted by molar-refractivity contribution is -0.144. The molecule has 96 valence electrons. The van der Waals surface area contributed by atoms with Crippen LogP contribution in [-0.4, -0.2) is 31.3 Å². The van der Waals surface area contributed by atoms with Crippen molar-refractivity contribution in [2.45, 2.75) is 19.6 Å². The number of nitrogens with zero attached hydrogens (tertiary/aromatic N) is 1. The molecule has 0 fully saturated rings. The summed E-state index contributed by atoms with van der Waals surface area (Å²) in [6.45, 7) is 1.82. The summed E-state index contributed by atoms with van der Waals surface area (Å²) in [5.41, 5.74) is 0.834. The van der Waals surface area contributed by atoms with Crippen LogP contribution in [0.1, 0.15) is 12.5 Å². The predicted molar refractivity (Wildman–Crippen MR) is 60.0 cm³/mol. The highest BCUT2D eigenvalue weighted by molar-refractivity contribution is 5.27.